The fraction of sp³-hybridized carbons (Fsp3) is 0.462. The van der Waals surface area contributed by atoms with Crippen LogP contribution in [0.15, 0.2) is 48.9 Å². The van der Waals surface area contributed by atoms with Crippen LogP contribution in [-0.2, 0) is 0 Å². The molecule has 194 valence electrons. The minimum absolute atomic E-state index is 0.0848. The molecule has 5 rings (SSSR count). The van der Waals surface area contributed by atoms with E-state index in [0.29, 0.717) is 23.9 Å². The van der Waals surface area contributed by atoms with Crippen LogP contribution < -0.4 is 10.6 Å². The molecule has 11 heteroatoms. The van der Waals surface area contributed by atoms with E-state index in [-0.39, 0.29) is 42.1 Å². The highest BCUT2D eigenvalue weighted by Crippen LogP contribution is 2.62. The molecule has 37 heavy (non-hydrogen) atoms. The van der Waals surface area contributed by atoms with Crippen molar-refractivity contribution in [2.75, 3.05) is 6.54 Å². The lowest BCUT2D eigenvalue weighted by molar-refractivity contribution is -0.199. The number of fused-ring (bicyclic) bond motifs is 1. The van der Waals surface area contributed by atoms with E-state index in [9.17, 15) is 18.7 Å². The summed E-state index contributed by atoms with van der Waals surface area (Å²) < 4.78 is 44.2. The molecule has 0 aliphatic heterocycles. The molecule has 3 aromatic rings. The van der Waals surface area contributed by atoms with Gasteiger partial charge in [0.1, 0.15) is 17.7 Å². The molecule has 3 N–H and O–H groups in total. The van der Waals surface area contributed by atoms with Gasteiger partial charge in [0.2, 0.25) is 5.92 Å². The van der Waals surface area contributed by atoms with Crippen molar-refractivity contribution in [3.05, 3.63) is 65.7 Å². The second-order valence-corrected chi connectivity index (χ2v) is 10.6. The largest absolute Gasteiger partial charge is 0.386 e. The van der Waals surface area contributed by atoms with E-state index in [1.54, 1.807) is 24.3 Å². The third-order valence-electron chi connectivity index (χ3n) is 7.45. The fourth-order valence-electron chi connectivity index (χ4n) is 5.61. The number of amides is 1. The number of aliphatic hydroxyl groups is 1. The van der Waals surface area contributed by atoms with Crippen LogP contribution in [0.1, 0.15) is 60.3 Å². The van der Waals surface area contributed by atoms with Gasteiger partial charge in [-0.15, -0.1) is 0 Å². The second-order valence-electron chi connectivity index (χ2n) is 10.6. The van der Waals surface area contributed by atoms with Crippen molar-refractivity contribution >= 4 is 11.4 Å². The zero-order valence-electron chi connectivity index (χ0n) is 20.2. The second kappa shape index (κ2) is 9.11. The average Bonchev–Trinajstić information content (AvgIpc) is 3.26. The number of hydrogen-bond donors (Lipinski definition) is 3. The predicted molar refractivity (Wildman–Crippen MR) is 128 cm³/mol. The van der Waals surface area contributed by atoms with Gasteiger partial charge >= 0.3 is 0 Å². The van der Waals surface area contributed by atoms with Crippen LogP contribution in [0.5, 0.6) is 0 Å². The summed E-state index contributed by atoms with van der Waals surface area (Å²) in [6.45, 7) is 1.19. The SMILES string of the molecule is C[C@@](O)(CNC1CC2(C1)CC(F)(F)C2)[C@H](F)[C@H](NC(=O)c1cccnc1)c1ccc2cc(C#N)cnn12. The van der Waals surface area contributed by atoms with Crippen molar-refractivity contribution in [3.8, 4) is 6.07 Å². The van der Waals surface area contributed by atoms with Crippen molar-refractivity contribution in [1.29, 1.82) is 5.26 Å². The van der Waals surface area contributed by atoms with Gasteiger partial charge in [0.05, 0.1) is 28.5 Å². The molecule has 0 aromatic carbocycles. The molecule has 2 fully saturated rings. The molecule has 2 aliphatic rings. The maximum absolute atomic E-state index is 16.1. The van der Waals surface area contributed by atoms with Crippen molar-refractivity contribution < 1.29 is 23.1 Å². The highest BCUT2D eigenvalue weighted by atomic mass is 19.3. The molecule has 0 unspecified atom stereocenters. The van der Waals surface area contributed by atoms with E-state index in [2.05, 4.69) is 20.7 Å². The molecule has 3 atom stereocenters. The lowest BCUT2D eigenvalue weighted by Crippen LogP contribution is -2.61. The first-order chi connectivity index (χ1) is 17.5. The molecule has 3 aromatic heterocycles. The Balaban J connectivity index is 1.35. The molecule has 8 nitrogen and oxygen atoms in total. The Hall–Kier alpha value is -3.49. The van der Waals surface area contributed by atoms with Crippen molar-refractivity contribution in [2.24, 2.45) is 5.41 Å². The van der Waals surface area contributed by atoms with Crippen LogP contribution in [0.2, 0.25) is 0 Å². The van der Waals surface area contributed by atoms with Gasteiger partial charge < -0.3 is 15.7 Å². The lowest BCUT2D eigenvalue weighted by atomic mass is 9.52. The highest BCUT2D eigenvalue weighted by molar-refractivity contribution is 5.94. The Morgan fingerprint density at radius 3 is 2.73 bits per heavy atom. The number of carbonyl (C=O) groups excluding carboxylic acids is 1. The van der Waals surface area contributed by atoms with E-state index in [4.69, 9.17) is 5.26 Å². The van der Waals surface area contributed by atoms with Gasteiger partial charge in [-0.05, 0) is 55.5 Å². The summed E-state index contributed by atoms with van der Waals surface area (Å²) in [5, 5.41) is 30.3. The van der Waals surface area contributed by atoms with E-state index in [0.717, 1.165) is 0 Å². The number of nitrogens with zero attached hydrogens (tertiary/aromatic N) is 4. The molecule has 0 saturated heterocycles. The number of nitriles is 1. The number of aromatic nitrogens is 3. The first-order valence-electron chi connectivity index (χ1n) is 12.1. The smallest absolute Gasteiger partial charge is 0.253 e. The Labute approximate surface area is 211 Å². The van der Waals surface area contributed by atoms with Crippen LogP contribution >= 0.6 is 0 Å². The number of halogens is 3. The van der Waals surface area contributed by atoms with E-state index < -0.39 is 29.6 Å². The van der Waals surface area contributed by atoms with E-state index in [1.165, 1.54) is 36.1 Å². The van der Waals surface area contributed by atoms with Crippen molar-refractivity contribution in [1.82, 2.24) is 25.2 Å². The number of nitrogens with one attached hydrogen (secondary N) is 2. The summed E-state index contributed by atoms with van der Waals surface area (Å²) in [5.74, 6) is -3.18. The van der Waals surface area contributed by atoms with Crippen molar-refractivity contribution in [3.63, 3.8) is 0 Å². The fourth-order valence-corrected chi connectivity index (χ4v) is 5.61. The number of hydrogen-bond acceptors (Lipinski definition) is 6. The highest BCUT2D eigenvalue weighted by Gasteiger charge is 2.61. The molecular weight excluding hydrogens is 485 g/mol. The zero-order chi connectivity index (χ0) is 26.4. The first-order valence-corrected chi connectivity index (χ1v) is 12.1. The maximum atomic E-state index is 16.1. The third-order valence-corrected chi connectivity index (χ3v) is 7.45. The van der Waals surface area contributed by atoms with Gasteiger partial charge in [-0.25, -0.2) is 17.7 Å². The Morgan fingerprint density at radius 2 is 2.08 bits per heavy atom. The molecule has 2 aliphatic carbocycles. The van der Waals surface area contributed by atoms with Crippen LogP contribution in [0, 0.1) is 16.7 Å². The Morgan fingerprint density at radius 1 is 1.32 bits per heavy atom. The predicted octanol–water partition coefficient (Wildman–Crippen LogP) is 3.33. The minimum atomic E-state index is -2.60. The van der Waals surface area contributed by atoms with Crippen LogP contribution in [-0.4, -0.2) is 55.9 Å². The van der Waals surface area contributed by atoms with Gasteiger partial charge in [0.15, 0.2) is 6.17 Å². The summed E-state index contributed by atoms with van der Waals surface area (Å²) in [4.78, 5) is 16.9. The topological polar surface area (TPSA) is 115 Å². The lowest BCUT2D eigenvalue weighted by Gasteiger charge is -2.57. The zero-order valence-corrected chi connectivity index (χ0v) is 20.2. The number of alkyl halides is 3. The quantitative estimate of drug-likeness (QED) is 0.427. The van der Waals surface area contributed by atoms with Gasteiger partial charge in [0.25, 0.3) is 5.91 Å². The molecule has 3 heterocycles. The molecule has 0 bridgehead atoms. The van der Waals surface area contributed by atoms with Crippen LogP contribution in [0.4, 0.5) is 13.2 Å². The number of carbonyl (C=O) groups is 1. The molecule has 1 amide bonds. The first kappa shape index (κ1) is 25.2. The van der Waals surface area contributed by atoms with Crippen LogP contribution in [0.3, 0.4) is 0 Å². The van der Waals surface area contributed by atoms with Crippen molar-refractivity contribution in [2.45, 2.75) is 62.4 Å². The van der Waals surface area contributed by atoms with Crippen LogP contribution in [0.25, 0.3) is 5.52 Å². The van der Waals surface area contributed by atoms with Gasteiger partial charge in [-0.3, -0.25) is 9.78 Å². The maximum Gasteiger partial charge on any atom is 0.253 e. The molecule has 1 spiro atoms. The third kappa shape index (κ3) is 4.91. The van der Waals surface area contributed by atoms with E-state index in [1.807, 2.05) is 6.07 Å². The summed E-state index contributed by atoms with van der Waals surface area (Å²) >= 11 is 0. The van der Waals surface area contributed by atoms with Gasteiger partial charge in [-0.2, -0.15) is 10.4 Å². The average molecular weight is 513 g/mol. The van der Waals surface area contributed by atoms with Gasteiger partial charge in [-0.1, -0.05) is 0 Å². The molecular formula is C26H27F3N6O2. The Kier molecular flexibility index (Phi) is 6.20. The molecule has 2 saturated carbocycles. The normalized spacial score (nSPS) is 21.3. The monoisotopic (exact) mass is 512 g/mol. The number of pyridine rings is 1. The van der Waals surface area contributed by atoms with E-state index >= 15 is 4.39 Å². The minimum Gasteiger partial charge on any atom is -0.386 e. The standard InChI is InChI=1S/C26H27F3N6O2/c1-24(37,15-32-18-8-25(9-18)13-26(28,29)14-25)22(27)21(34-23(36)17-3-2-6-31-12-17)20-5-4-19-7-16(10-30)11-33-35(19)20/h2-7,11-12,18,21-22,32,37H,8-9,13-15H2,1H3,(H,34,36)/t21-,22-,24-/m1/s1. The number of rotatable bonds is 8. The summed E-state index contributed by atoms with van der Waals surface area (Å²) in [5.41, 5.74) is -0.920. The summed E-state index contributed by atoms with van der Waals surface area (Å²) in [6, 6.07) is 8.55. The molecule has 0 radical (unpaired) electrons. The Bertz CT molecular complexity index is 1340. The van der Waals surface area contributed by atoms with Gasteiger partial charge in [0, 0.05) is 37.8 Å². The summed E-state index contributed by atoms with van der Waals surface area (Å²) in [6.07, 6.45) is 3.10. The summed E-state index contributed by atoms with van der Waals surface area (Å²) in [7, 11) is 0.